The number of esters is 1. The molecule has 15 heavy (non-hydrogen) atoms. The predicted octanol–water partition coefficient (Wildman–Crippen LogP) is 3.71. The van der Waals surface area contributed by atoms with Crippen molar-refractivity contribution in [2.24, 2.45) is 5.92 Å². The fraction of sp³-hybridized carbons (Fsp3) is 0.769. The molecule has 0 amide bonds. The number of hydrogen-bond donors (Lipinski definition) is 0. The lowest BCUT2D eigenvalue weighted by Gasteiger charge is -2.10. The minimum atomic E-state index is -0.311. The molecule has 0 bridgehead atoms. The molecular weight excluding hydrogens is 188 g/mol. The minimum absolute atomic E-state index is 0.311. The lowest BCUT2D eigenvalue weighted by Crippen LogP contribution is -2.04. The van der Waals surface area contributed by atoms with Crippen LogP contribution in [0, 0.1) is 5.92 Å². The molecule has 2 nitrogen and oxygen atoms in total. The Bertz CT molecular complexity index is 175. The SMILES string of the molecule is C=CC(=O)OCCCC(C)CCCCC. The van der Waals surface area contributed by atoms with Crippen molar-refractivity contribution in [3.05, 3.63) is 12.7 Å². The first-order chi connectivity index (χ1) is 7.20. The quantitative estimate of drug-likeness (QED) is 0.331. The van der Waals surface area contributed by atoms with Gasteiger partial charge in [-0.05, 0) is 18.8 Å². The molecule has 0 N–H and O–H groups in total. The molecule has 0 aliphatic heterocycles. The first-order valence-electron chi connectivity index (χ1n) is 5.99. The summed E-state index contributed by atoms with van der Waals surface area (Å²) in [6, 6.07) is 0. The summed E-state index contributed by atoms with van der Waals surface area (Å²) >= 11 is 0. The van der Waals surface area contributed by atoms with E-state index in [9.17, 15) is 4.79 Å². The molecule has 0 spiro atoms. The van der Waals surface area contributed by atoms with Gasteiger partial charge in [-0.3, -0.25) is 0 Å². The van der Waals surface area contributed by atoms with Gasteiger partial charge in [0, 0.05) is 6.08 Å². The summed E-state index contributed by atoms with van der Waals surface area (Å²) in [4.78, 5) is 10.7. The van der Waals surface area contributed by atoms with Crippen LogP contribution in [0.1, 0.15) is 52.4 Å². The Morgan fingerprint density at radius 2 is 2.00 bits per heavy atom. The van der Waals surface area contributed by atoms with E-state index < -0.39 is 0 Å². The van der Waals surface area contributed by atoms with Crippen molar-refractivity contribution < 1.29 is 9.53 Å². The highest BCUT2D eigenvalue weighted by Gasteiger charge is 2.02. The summed E-state index contributed by atoms with van der Waals surface area (Å²) in [7, 11) is 0. The van der Waals surface area contributed by atoms with Crippen molar-refractivity contribution in [3.8, 4) is 0 Å². The first-order valence-corrected chi connectivity index (χ1v) is 5.99. The van der Waals surface area contributed by atoms with E-state index >= 15 is 0 Å². The summed E-state index contributed by atoms with van der Waals surface area (Å²) in [5.41, 5.74) is 0. The molecule has 1 atom stereocenters. The Hall–Kier alpha value is -0.790. The van der Waals surface area contributed by atoms with Gasteiger partial charge < -0.3 is 4.74 Å². The Balaban J connectivity index is 3.26. The molecule has 0 saturated carbocycles. The fourth-order valence-corrected chi connectivity index (χ4v) is 1.55. The van der Waals surface area contributed by atoms with E-state index in [1.807, 2.05) is 0 Å². The molecule has 1 unspecified atom stereocenters. The molecule has 0 radical (unpaired) electrons. The second-order valence-corrected chi connectivity index (χ2v) is 4.11. The van der Waals surface area contributed by atoms with Gasteiger partial charge in [0.05, 0.1) is 6.61 Å². The van der Waals surface area contributed by atoms with Gasteiger partial charge in [-0.25, -0.2) is 4.79 Å². The molecule has 0 saturated heterocycles. The summed E-state index contributed by atoms with van der Waals surface area (Å²) in [6.45, 7) is 8.37. The molecule has 88 valence electrons. The van der Waals surface area contributed by atoms with Crippen molar-refractivity contribution >= 4 is 5.97 Å². The lowest BCUT2D eigenvalue weighted by molar-refractivity contribution is -0.137. The van der Waals surface area contributed by atoms with Crippen molar-refractivity contribution in [2.75, 3.05) is 6.61 Å². The van der Waals surface area contributed by atoms with Crippen LogP contribution < -0.4 is 0 Å². The summed E-state index contributed by atoms with van der Waals surface area (Å²) in [6.07, 6.45) is 8.55. The maximum atomic E-state index is 10.7. The third-order valence-corrected chi connectivity index (χ3v) is 2.55. The molecule has 2 heteroatoms. The van der Waals surface area contributed by atoms with E-state index in [2.05, 4.69) is 20.4 Å². The number of ether oxygens (including phenoxy) is 1. The number of rotatable bonds is 9. The van der Waals surface area contributed by atoms with E-state index in [1.54, 1.807) is 0 Å². The second kappa shape index (κ2) is 9.75. The van der Waals surface area contributed by atoms with E-state index in [1.165, 1.54) is 31.8 Å². The van der Waals surface area contributed by atoms with E-state index in [0.29, 0.717) is 6.61 Å². The number of unbranched alkanes of at least 4 members (excludes halogenated alkanes) is 2. The smallest absolute Gasteiger partial charge is 0.330 e. The third kappa shape index (κ3) is 9.51. The average Bonchev–Trinajstić information content (AvgIpc) is 2.24. The molecular formula is C13H24O2. The van der Waals surface area contributed by atoms with Crippen LogP contribution in [0.25, 0.3) is 0 Å². The number of hydrogen-bond acceptors (Lipinski definition) is 2. The van der Waals surface area contributed by atoms with Gasteiger partial charge in [0.15, 0.2) is 0 Å². The van der Waals surface area contributed by atoms with Crippen LogP contribution >= 0.6 is 0 Å². The molecule has 0 aliphatic rings. The Morgan fingerprint density at radius 1 is 1.33 bits per heavy atom. The Kier molecular flexibility index (Phi) is 9.24. The highest BCUT2D eigenvalue weighted by molar-refractivity contribution is 5.81. The predicted molar refractivity (Wildman–Crippen MR) is 63.7 cm³/mol. The van der Waals surface area contributed by atoms with Crippen LogP contribution in [0.3, 0.4) is 0 Å². The standard InChI is InChI=1S/C13H24O2/c1-4-6-7-9-12(3)10-8-11-15-13(14)5-2/h5,12H,2,4,6-11H2,1,3H3. The summed E-state index contributed by atoms with van der Waals surface area (Å²) in [5.74, 6) is 0.438. The Labute approximate surface area is 93.7 Å². The summed E-state index contributed by atoms with van der Waals surface area (Å²) < 4.78 is 4.91. The van der Waals surface area contributed by atoms with Crippen LogP contribution in [-0.4, -0.2) is 12.6 Å². The molecule has 0 rings (SSSR count). The van der Waals surface area contributed by atoms with E-state index in [0.717, 1.165) is 18.8 Å². The molecule has 0 aromatic rings. The third-order valence-electron chi connectivity index (χ3n) is 2.55. The highest BCUT2D eigenvalue weighted by atomic mass is 16.5. The Morgan fingerprint density at radius 3 is 2.60 bits per heavy atom. The number of carbonyl (C=O) groups excluding carboxylic acids is 1. The fourth-order valence-electron chi connectivity index (χ4n) is 1.55. The zero-order chi connectivity index (χ0) is 11.5. The van der Waals surface area contributed by atoms with Crippen LogP contribution in [0.15, 0.2) is 12.7 Å². The van der Waals surface area contributed by atoms with Gasteiger partial charge >= 0.3 is 5.97 Å². The highest BCUT2D eigenvalue weighted by Crippen LogP contribution is 2.14. The summed E-state index contributed by atoms with van der Waals surface area (Å²) in [5, 5.41) is 0. The molecule has 0 aliphatic carbocycles. The van der Waals surface area contributed by atoms with Gasteiger partial charge in [0.25, 0.3) is 0 Å². The molecule has 0 fully saturated rings. The maximum absolute atomic E-state index is 10.7. The monoisotopic (exact) mass is 212 g/mol. The maximum Gasteiger partial charge on any atom is 0.330 e. The minimum Gasteiger partial charge on any atom is -0.463 e. The van der Waals surface area contributed by atoms with Crippen LogP contribution in [0.2, 0.25) is 0 Å². The zero-order valence-electron chi connectivity index (χ0n) is 10.1. The van der Waals surface area contributed by atoms with Gasteiger partial charge in [0.2, 0.25) is 0 Å². The topological polar surface area (TPSA) is 26.3 Å². The molecule has 0 aromatic carbocycles. The first kappa shape index (κ1) is 14.2. The normalized spacial score (nSPS) is 12.1. The van der Waals surface area contributed by atoms with Gasteiger partial charge in [-0.15, -0.1) is 0 Å². The second-order valence-electron chi connectivity index (χ2n) is 4.11. The van der Waals surface area contributed by atoms with Crippen LogP contribution in [-0.2, 0) is 9.53 Å². The van der Waals surface area contributed by atoms with Crippen LogP contribution in [0.5, 0.6) is 0 Å². The molecule has 0 heterocycles. The van der Waals surface area contributed by atoms with Crippen molar-refractivity contribution in [1.29, 1.82) is 0 Å². The zero-order valence-corrected chi connectivity index (χ0v) is 10.1. The molecule has 0 aromatic heterocycles. The van der Waals surface area contributed by atoms with Crippen molar-refractivity contribution in [3.63, 3.8) is 0 Å². The average molecular weight is 212 g/mol. The largest absolute Gasteiger partial charge is 0.463 e. The van der Waals surface area contributed by atoms with Gasteiger partial charge in [0.1, 0.15) is 0 Å². The van der Waals surface area contributed by atoms with E-state index in [4.69, 9.17) is 4.74 Å². The van der Waals surface area contributed by atoms with Gasteiger partial charge in [-0.1, -0.05) is 46.1 Å². The van der Waals surface area contributed by atoms with Gasteiger partial charge in [-0.2, -0.15) is 0 Å². The lowest BCUT2D eigenvalue weighted by atomic mass is 9.98. The van der Waals surface area contributed by atoms with Crippen LogP contribution in [0.4, 0.5) is 0 Å². The van der Waals surface area contributed by atoms with Crippen molar-refractivity contribution in [1.82, 2.24) is 0 Å². The van der Waals surface area contributed by atoms with E-state index in [-0.39, 0.29) is 5.97 Å². The number of carbonyl (C=O) groups is 1. The van der Waals surface area contributed by atoms with Crippen molar-refractivity contribution in [2.45, 2.75) is 52.4 Å².